The average molecular weight is 320 g/mol. The molecule has 2 N–H and O–H groups in total. The zero-order valence-electron chi connectivity index (χ0n) is 10.1. The Hall–Kier alpha value is -0.900. The van der Waals surface area contributed by atoms with E-state index in [1.165, 1.54) is 0 Å². The van der Waals surface area contributed by atoms with Crippen LogP contribution < -0.4 is 10.9 Å². The maximum absolute atomic E-state index is 11.9. The summed E-state index contributed by atoms with van der Waals surface area (Å²) >= 11 is 17.8. The highest BCUT2D eigenvalue weighted by Crippen LogP contribution is 2.33. The maximum Gasteiger partial charge on any atom is 0.241 e. The molecule has 6 heteroatoms. The van der Waals surface area contributed by atoms with Gasteiger partial charge in [0.1, 0.15) is 0 Å². The van der Waals surface area contributed by atoms with Gasteiger partial charge in [0.05, 0.1) is 15.7 Å². The van der Waals surface area contributed by atoms with E-state index in [-0.39, 0.29) is 11.8 Å². The van der Waals surface area contributed by atoms with E-state index >= 15 is 0 Å². The second-order valence-corrected chi connectivity index (χ2v) is 5.59. The van der Waals surface area contributed by atoms with Crippen LogP contribution in [0, 0.1) is 5.92 Å². The molecule has 3 nitrogen and oxygen atoms in total. The van der Waals surface area contributed by atoms with Gasteiger partial charge in [-0.15, -0.1) is 0 Å². The van der Waals surface area contributed by atoms with Crippen molar-refractivity contribution in [1.29, 1.82) is 0 Å². The molecule has 0 radical (unpaired) electrons. The van der Waals surface area contributed by atoms with E-state index in [0.717, 1.165) is 19.3 Å². The van der Waals surface area contributed by atoms with Gasteiger partial charge in [-0.2, -0.15) is 0 Å². The van der Waals surface area contributed by atoms with E-state index in [1.807, 2.05) is 6.08 Å². The minimum absolute atomic E-state index is 0.0117. The standard InChI is InChI=1S/C13H13Cl3N2O/c14-9-6-10(15)12(11(16)7-9)17-18-13(19)8-4-2-1-3-5-8/h1-2,6-8,17H,3-5H2,(H,18,19). The second kappa shape index (κ2) is 6.51. The van der Waals surface area contributed by atoms with Crippen LogP contribution in [0.5, 0.6) is 0 Å². The summed E-state index contributed by atoms with van der Waals surface area (Å²) in [5.74, 6) is -0.0752. The third kappa shape index (κ3) is 3.78. The van der Waals surface area contributed by atoms with Crippen molar-refractivity contribution in [3.05, 3.63) is 39.4 Å². The molecule has 1 aliphatic rings. The average Bonchev–Trinajstić information content (AvgIpc) is 2.38. The van der Waals surface area contributed by atoms with Crippen molar-refractivity contribution in [2.24, 2.45) is 5.92 Å². The molecular weight excluding hydrogens is 307 g/mol. The Morgan fingerprint density at radius 2 is 1.84 bits per heavy atom. The van der Waals surface area contributed by atoms with Crippen molar-refractivity contribution in [3.8, 4) is 0 Å². The van der Waals surface area contributed by atoms with Crippen molar-refractivity contribution >= 4 is 46.4 Å². The highest BCUT2D eigenvalue weighted by Gasteiger charge is 2.19. The van der Waals surface area contributed by atoms with Crippen molar-refractivity contribution in [2.45, 2.75) is 19.3 Å². The summed E-state index contributed by atoms with van der Waals surface area (Å²) in [6.45, 7) is 0. The van der Waals surface area contributed by atoms with Gasteiger partial charge in [-0.25, -0.2) is 0 Å². The Bertz CT molecular complexity index is 494. The number of carbonyl (C=O) groups is 1. The summed E-state index contributed by atoms with van der Waals surface area (Å²) in [5, 5.41) is 1.17. The van der Waals surface area contributed by atoms with Gasteiger partial charge in [0.15, 0.2) is 0 Å². The largest absolute Gasteiger partial charge is 0.296 e. The van der Waals surface area contributed by atoms with E-state index in [0.29, 0.717) is 20.8 Å². The van der Waals surface area contributed by atoms with Crippen LogP contribution >= 0.6 is 34.8 Å². The van der Waals surface area contributed by atoms with Crippen LogP contribution in [0.15, 0.2) is 24.3 Å². The van der Waals surface area contributed by atoms with Gasteiger partial charge in [-0.3, -0.25) is 15.6 Å². The number of hydrazine groups is 1. The SMILES string of the molecule is O=C(NNc1c(Cl)cc(Cl)cc1Cl)C1CC=CCC1. The lowest BCUT2D eigenvalue weighted by Crippen LogP contribution is -2.35. The van der Waals surface area contributed by atoms with Crippen LogP contribution in [0.1, 0.15) is 19.3 Å². The zero-order valence-corrected chi connectivity index (χ0v) is 12.3. The monoisotopic (exact) mass is 318 g/mol. The fraction of sp³-hybridized carbons (Fsp3) is 0.308. The van der Waals surface area contributed by atoms with Crippen LogP contribution in [0.3, 0.4) is 0 Å². The van der Waals surface area contributed by atoms with Crippen LogP contribution in [-0.2, 0) is 4.79 Å². The van der Waals surface area contributed by atoms with E-state index in [4.69, 9.17) is 34.8 Å². The van der Waals surface area contributed by atoms with Gasteiger partial charge in [0.2, 0.25) is 5.91 Å². The summed E-state index contributed by atoms with van der Waals surface area (Å²) in [7, 11) is 0. The molecule has 1 aromatic carbocycles. The number of benzene rings is 1. The third-order valence-electron chi connectivity index (χ3n) is 2.96. The Labute approximate surface area is 126 Å². The fourth-order valence-corrected chi connectivity index (χ4v) is 2.83. The van der Waals surface area contributed by atoms with E-state index in [1.54, 1.807) is 12.1 Å². The first-order valence-electron chi connectivity index (χ1n) is 5.93. The number of amides is 1. The van der Waals surface area contributed by atoms with Crippen molar-refractivity contribution in [1.82, 2.24) is 5.43 Å². The Balaban J connectivity index is 1.99. The molecule has 19 heavy (non-hydrogen) atoms. The van der Waals surface area contributed by atoms with Crippen LogP contribution in [0.25, 0.3) is 0 Å². The molecule has 1 atom stereocenters. The molecular formula is C13H13Cl3N2O. The first-order valence-corrected chi connectivity index (χ1v) is 7.06. The maximum atomic E-state index is 11.9. The summed E-state index contributed by atoms with van der Waals surface area (Å²) in [6, 6.07) is 3.12. The number of nitrogens with one attached hydrogen (secondary N) is 2. The molecule has 0 aliphatic heterocycles. The fourth-order valence-electron chi connectivity index (χ4n) is 1.92. The highest BCUT2D eigenvalue weighted by atomic mass is 35.5. The topological polar surface area (TPSA) is 41.1 Å². The molecule has 0 bridgehead atoms. The van der Waals surface area contributed by atoms with Crippen LogP contribution in [0.4, 0.5) is 5.69 Å². The van der Waals surface area contributed by atoms with Gasteiger partial charge in [-0.1, -0.05) is 47.0 Å². The Morgan fingerprint density at radius 3 is 2.42 bits per heavy atom. The molecule has 0 spiro atoms. The lowest BCUT2D eigenvalue weighted by atomic mass is 9.94. The Kier molecular flexibility index (Phi) is 4.97. The van der Waals surface area contributed by atoms with Crippen LogP contribution in [-0.4, -0.2) is 5.91 Å². The zero-order chi connectivity index (χ0) is 13.8. The summed E-state index contributed by atoms with van der Waals surface area (Å²) in [4.78, 5) is 11.9. The van der Waals surface area contributed by atoms with Crippen LogP contribution in [0.2, 0.25) is 15.1 Å². The first-order chi connectivity index (χ1) is 9.08. The molecule has 1 unspecified atom stereocenters. The molecule has 102 valence electrons. The number of rotatable bonds is 3. The number of carbonyl (C=O) groups excluding carboxylic acids is 1. The molecule has 1 aliphatic carbocycles. The second-order valence-electron chi connectivity index (χ2n) is 4.34. The smallest absolute Gasteiger partial charge is 0.241 e. The minimum Gasteiger partial charge on any atom is -0.296 e. The van der Waals surface area contributed by atoms with E-state index < -0.39 is 0 Å². The predicted molar refractivity (Wildman–Crippen MR) is 79.7 cm³/mol. The number of allylic oxidation sites excluding steroid dienone is 2. The summed E-state index contributed by atoms with van der Waals surface area (Å²) in [6.07, 6.45) is 6.66. The molecule has 1 amide bonds. The normalized spacial score (nSPS) is 18.2. The van der Waals surface area contributed by atoms with Gasteiger partial charge in [0.25, 0.3) is 0 Å². The van der Waals surface area contributed by atoms with Gasteiger partial charge < -0.3 is 0 Å². The molecule has 0 aromatic heterocycles. The van der Waals surface area contributed by atoms with E-state index in [9.17, 15) is 4.79 Å². The van der Waals surface area contributed by atoms with Crippen molar-refractivity contribution in [3.63, 3.8) is 0 Å². The number of hydrogen-bond donors (Lipinski definition) is 2. The molecule has 2 rings (SSSR count). The van der Waals surface area contributed by atoms with Crippen molar-refractivity contribution in [2.75, 3.05) is 5.43 Å². The highest BCUT2D eigenvalue weighted by molar-refractivity contribution is 6.41. The minimum atomic E-state index is -0.0635. The predicted octanol–water partition coefficient (Wildman–Crippen LogP) is 4.45. The quantitative estimate of drug-likeness (QED) is 0.638. The first kappa shape index (κ1) is 14.5. The molecule has 0 heterocycles. The third-order valence-corrected chi connectivity index (χ3v) is 3.77. The summed E-state index contributed by atoms with van der Waals surface area (Å²) in [5.41, 5.74) is 5.85. The molecule has 0 fully saturated rings. The van der Waals surface area contributed by atoms with Gasteiger partial charge in [-0.05, 0) is 31.4 Å². The van der Waals surface area contributed by atoms with Gasteiger partial charge in [0, 0.05) is 10.9 Å². The molecule has 1 aromatic rings. The molecule has 0 saturated carbocycles. The summed E-state index contributed by atoms with van der Waals surface area (Å²) < 4.78 is 0. The lowest BCUT2D eigenvalue weighted by molar-refractivity contribution is -0.124. The lowest BCUT2D eigenvalue weighted by Gasteiger charge is -2.19. The Morgan fingerprint density at radius 1 is 1.16 bits per heavy atom. The van der Waals surface area contributed by atoms with E-state index in [2.05, 4.69) is 16.9 Å². The van der Waals surface area contributed by atoms with Gasteiger partial charge >= 0.3 is 0 Å². The number of hydrogen-bond acceptors (Lipinski definition) is 2. The van der Waals surface area contributed by atoms with Crippen molar-refractivity contribution < 1.29 is 4.79 Å². The number of halogens is 3. The molecule has 0 saturated heterocycles. The number of anilines is 1.